The minimum atomic E-state index is -1.57. The maximum atomic E-state index is 13.2. The molecule has 1 aliphatic rings. The second-order valence-electron chi connectivity index (χ2n) is 29.6. The predicted molar refractivity (Wildman–Crippen MR) is 415 cm³/mol. The number of rotatable bonds is 76. The molecule has 7 unspecified atom stereocenters. The predicted octanol–water partition coefficient (Wildman–Crippen LogP) is 24.8. The first-order chi connectivity index (χ1) is 47.3. The highest BCUT2D eigenvalue weighted by Gasteiger charge is 2.44. The highest BCUT2D eigenvalue weighted by Crippen LogP contribution is 2.24. The fraction of sp³-hybridized carbons (Fsp3) is 0.874. The zero-order valence-corrected chi connectivity index (χ0v) is 63.7. The molecule has 1 rings (SSSR count). The van der Waals surface area contributed by atoms with Gasteiger partial charge in [0, 0.05) is 6.42 Å². The number of carbonyl (C=O) groups excluding carboxylic acids is 1. The Morgan fingerprint density at radius 3 is 0.958 bits per heavy atom. The van der Waals surface area contributed by atoms with Gasteiger partial charge in [-0.1, -0.05) is 428 Å². The first-order valence-electron chi connectivity index (χ1n) is 42.5. The summed E-state index contributed by atoms with van der Waals surface area (Å²) < 4.78 is 11.4. The van der Waals surface area contributed by atoms with E-state index < -0.39 is 49.5 Å². The maximum Gasteiger partial charge on any atom is 0.220 e. The van der Waals surface area contributed by atoms with Gasteiger partial charge in [0.1, 0.15) is 24.4 Å². The van der Waals surface area contributed by atoms with Crippen LogP contribution in [0, 0.1) is 0 Å². The molecule has 0 aromatic carbocycles. The van der Waals surface area contributed by atoms with E-state index in [4.69, 9.17) is 9.47 Å². The van der Waals surface area contributed by atoms with Crippen LogP contribution in [-0.2, 0) is 14.3 Å². The number of carbonyl (C=O) groups is 1. The van der Waals surface area contributed by atoms with Crippen molar-refractivity contribution in [2.75, 3.05) is 13.2 Å². The fourth-order valence-electron chi connectivity index (χ4n) is 13.8. The Hall–Kier alpha value is -2.11. The van der Waals surface area contributed by atoms with Crippen LogP contribution >= 0.6 is 0 Å². The summed E-state index contributed by atoms with van der Waals surface area (Å²) in [7, 11) is 0. The van der Waals surface area contributed by atoms with E-state index in [1.807, 2.05) is 6.08 Å². The molecular formula is C87H163NO8. The van der Waals surface area contributed by atoms with E-state index in [-0.39, 0.29) is 12.5 Å². The number of amides is 1. The largest absolute Gasteiger partial charge is 0.394 e. The Bertz CT molecular complexity index is 1710. The highest BCUT2D eigenvalue weighted by molar-refractivity contribution is 5.76. The van der Waals surface area contributed by atoms with Crippen molar-refractivity contribution >= 4 is 5.91 Å². The molecule has 0 saturated carbocycles. The van der Waals surface area contributed by atoms with Gasteiger partial charge in [-0.3, -0.25) is 4.79 Å². The van der Waals surface area contributed by atoms with Crippen molar-refractivity contribution in [2.45, 2.75) is 474 Å². The van der Waals surface area contributed by atoms with Crippen molar-refractivity contribution < 1.29 is 39.8 Å². The van der Waals surface area contributed by atoms with Gasteiger partial charge in [0.15, 0.2) is 6.29 Å². The average molecular weight is 1350 g/mol. The molecule has 0 aromatic heterocycles. The van der Waals surface area contributed by atoms with Gasteiger partial charge in [-0.2, -0.15) is 0 Å². The van der Waals surface area contributed by atoms with E-state index in [1.54, 1.807) is 6.08 Å². The molecule has 0 spiro atoms. The Balaban J connectivity index is 2.03. The quantitative estimate of drug-likeness (QED) is 0.0261. The molecule has 0 aliphatic carbocycles. The lowest BCUT2D eigenvalue weighted by Gasteiger charge is -2.40. The molecule has 1 fully saturated rings. The lowest BCUT2D eigenvalue weighted by molar-refractivity contribution is -0.302. The average Bonchev–Trinajstić information content (AvgIpc) is 0.840. The molecular weight excluding hydrogens is 1190 g/mol. The van der Waals surface area contributed by atoms with E-state index >= 15 is 0 Å². The number of aliphatic hydroxyl groups is 5. The summed E-state index contributed by atoms with van der Waals surface area (Å²) in [6.07, 6.45) is 99.7. The van der Waals surface area contributed by atoms with Gasteiger partial charge in [-0.15, -0.1) is 0 Å². The van der Waals surface area contributed by atoms with Gasteiger partial charge in [0.2, 0.25) is 5.91 Å². The van der Waals surface area contributed by atoms with E-state index in [2.05, 4.69) is 67.8 Å². The van der Waals surface area contributed by atoms with Gasteiger partial charge >= 0.3 is 0 Å². The second kappa shape index (κ2) is 75.6. The third-order valence-corrected chi connectivity index (χ3v) is 20.3. The fourth-order valence-corrected chi connectivity index (χ4v) is 13.8. The third-order valence-electron chi connectivity index (χ3n) is 20.3. The summed E-state index contributed by atoms with van der Waals surface area (Å²) in [5.41, 5.74) is 0. The molecule has 7 atom stereocenters. The lowest BCUT2D eigenvalue weighted by Crippen LogP contribution is -2.60. The zero-order valence-electron chi connectivity index (χ0n) is 63.7. The second-order valence-corrected chi connectivity index (χ2v) is 29.6. The Labute approximate surface area is 596 Å². The van der Waals surface area contributed by atoms with Crippen LogP contribution in [0.4, 0.5) is 0 Å². The van der Waals surface area contributed by atoms with Crippen molar-refractivity contribution in [1.29, 1.82) is 0 Å². The first-order valence-corrected chi connectivity index (χ1v) is 42.5. The van der Waals surface area contributed by atoms with Crippen LogP contribution in [0.25, 0.3) is 0 Å². The maximum absolute atomic E-state index is 13.2. The van der Waals surface area contributed by atoms with Crippen molar-refractivity contribution in [1.82, 2.24) is 5.32 Å². The van der Waals surface area contributed by atoms with Crippen LogP contribution in [0.5, 0.6) is 0 Å². The highest BCUT2D eigenvalue weighted by atomic mass is 16.7. The van der Waals surface area contributed by atoms with Crippen LogP contribution in [0.1, 0.15) is 431 Å². The minimum absolute atomic E-state index is 0.167. The van der Waals surface area contributed by atoms with E-state index in [0.717, 1.165) is 64.2 Å². The molecule has 6 N–H and O–H groups in total. The van der Waals surface area contributed by atoms with Crippen molar-refractivity contribution in [3.8, 4) is 0 Å². The SMILES string of the molecule is CC/C=C\C/C=C\C/C=C\C/C=C\CCCCCCCCCCCCCCCCCCCCCCCCCCCCCCC(=O)NC(COC1OC(CO)C(O)C(O)C1O)C(O)/C=C/CCCCCCCCCCCCCCCCCCCCCCCCCCCCCCCC. The Morgan fingerprint density at radius 1 is 0.365 bits per heavy atom. The summed E-state index contributed by atoms with van der Waals surface area (Å²) >= 11 is 0. The molecule has 1 heterocycles. The molecule has 0 radical (unpaired) electrons. The van der Waals surface area contributed by atoms with Crippen molar-refractivity contribution in [2.24, 2.45) is 0 Å². The van der Waals surface area contributed by atoms with Gasteiger partial charge < -0.3 is 40.3 Å². The molecule has 1 saturated heterocycles. The first kappa shape index (κ1) is 91.9. The van der Waals surface area contributed by atoms with Gasteiger partial charge in [-0.25, -0.2) is 0 Å². The third kappa shape index (κ3) is 62.9. The molecule has 0 aromatic rings. The normalized spacial score (nSPS) is 17.7. The molecule has 9 nitrogen and oxygen atoms in total. The number of unbranched alkanes of at least 4 members (excludes halogenated alkanes) is 58. The van der Waals surface area contributed by atoms with E-state index in [9.17, 15) is 30.3 Å². The van der Waals surface area contributed by atoms with Crippen molar-refractivity contribution in [3.63, 3.8) is 0 Å². The molecule has 564 valence electrons. The molecule has 9 heteroatoms. The van der Waals surface area contributed by atoms with Crippen LogP contribution in [0.2, 0.25) is 0 Å². The number of nitrogens with one attached hydrogen (secondary N) is 1. The number of hydrogen-bond donors (Lipinski definition) is 6. The van der Waals surface area contributed by atoms with Gasteiger partial charge in [0.25, 0.3) is 0 Å². The van der Waals surface area contributed by atoms with Crippen LogP contribution in [-0.4, -0.2) is 87.5 Å². The van der Waals surface area contributed by atoms with E-state index in [1.165, 1.54) is 347 Å². The summed E-state index contributed by atoms with van der Waals surface area (Å²) in [5.74, 6) is -0.167. The Kier molecular flexibility index (Phi) is 72.3. The summed E-state index contributed by atoms with van der Waals surface area (Å²) in [4.78, 5) is 13.2. The lowest BCUT2D eigenvalue weighted by atomic mass is 9.99. The zero-order chi connectivity index (χ0) is 69.2. The summed E-state index contributed by atoms with van der Waals surface area (Å²) in [6, 6.07) is -0.806. The summed E-state index contributed by atoms with van der Waals surface area (Å²) in [5, 5.41) is 55.0. The molecule has 1 amide bonds. The molecule has 96 heavy (non-hydrogen) atoms. The Morgan fingerprint density at radius 2 is 0.646 bits per heavy atom. The van der Waals surface area contributed by atoms with Gasteiger partial charge in [0.05, 0.1) is 25.4 Å². The minimum Gasteiger partial charge on any atom is -0.394 e. The molecule has 0 bridgehead atoms. The van der Waals surface area contributed by atoms with Crippen molar-refractivity contribution in [3.05, 3.63) is 60.8 Å². The summed E-state index contributed by atoms with van der Waals surface area (Å²) in [6.45, 7) is 3.73. The monoisotopic (exact) mass is 1350 g/mol. The smallest absolute Gasteiger partial charge is 0.220 e. The standard InChI is InChI=1S/C87H163NO8/c1-3-5-7-9-11-13-15-17-19-21-23-25-27-29-31-33-35-37-38-39-40-41-42-43-44-45-47-49-51-53-55-57-59-61-63-65-67-69-71-73-75-77-83(91)88-80(79-95-87-86(94)85(93)84(92)82(78-89)96-87)81(90)76-74-72-70-68-66-64-62-60-58-56-54-52-50-48-46-36-34-32-30-28-26-24-22-20-18-16-14-12-10-8-6-4-2/h5,7,11,13,17,19,23,25,74,76,80-82,84-87,89-90,92-94H,3-4,6,8-10,12,14-16,18,20-22,24,26-73,75,77-79H2,1-2H3,(H,88,91)/b7-5-,13-11-,19-17-,25-23-,76-74+. The van der Waals surface area contributed by atoms with E-state index in [0.29, 0.717) is 6.42 Å². The number of hydrogen-bond acceptors (Lipinski definition) is 8. The molecule has 1 aliphatic heterocycles. The van der Waals surface area contributed by atoms with Crippen LogP contribution < -0.4 is 5.32 Å². The van der Waals surface area contributed by atoms with Crippen LogP contribution in [0.3, 0.4) is 0 Å². The number of ether oxygens (including phenoxy) is 2. The number of allylic oxidation sites excluding steroid dienone is 9. The van der Waals surface area contributed by atoms with Gasteiger partial charge in [-0.05, 0) is 57.8 Å². The topological polar surface area (TPSA) is 149 Å². The van der Waals surface area contributed by atoms with Crippen LogP contribution in [0.15, 0.2) is 60.8 Å². The number of aliphatic hydroxyl groups excluding tert-OH is 5.